The molecular weight excluding hydrogens is 299 g/mol. The van der Waals surface area contributed by atoms with Crippen LogP contribution in [0.3, 0.4) is 0 Å². The molecule has 1 nitrogen and oxygen atoms in total. The van der Waals surface area contributed by atoms with E-state index in [2.05, 4.69) is 31.9 Å². The fourth-order valence-electron chi connectivity index (χ4n) is 3.92. The van der Waals surface area contributed by atoms with Crippen LogP contribution in [-0.4, -0.2) is 23.7 Å². The predicted molar refractivity (Wildman–Crippen MR) is 88.3 cm³/mol. The van der Waals surface area contributed by atoms with E-state index in [1.54, 1.807) is 0 Å². The molecule has 0 N–H and O–H groups in total. The predicted octanol–water partition coefficient (Wildman–Crippen LogP) is 5.73. The summed E-state index contributed by atoms with van der Waals surface area (Å²) in [5.74, 6) is -0.648. The number of rotatable bonds is 2. The van der Waals surface area contributed by atoms with E-state index < -0.39 is 23.1 Å². The van der Waals surface area contributed by atoms with Gasteiger partial charge in [0.1, 0.15) is 11.7 Å². The monoisotopic (exact) mass is 326 g/mol. The largest absolute Gasteiger partial charge is 0.412 e. The van der Waals surface area contributed by atoms with Crippen LogP contribution in [0.15, 0.2) is 47.9 Å². The molecular formula is C19H27F3N+. The third kappa shape index (κ3) is 3.18. The molecule has 0 saturated carbocycles. The number of quaternary nitrogens is 1. The summed E-state index contributed by atoms with van der Waals surface area (Å²) in [4.78, 5) is 0. The van der Waals surface area contributed by atoms with Gasteiger partial charge in [0.15, 0.2) is 0 Å². The van der Waals surface area contributed by atoms with Gasteiger partial charge in [0.05, 0.1) is 13.2 Å². The highest BCUT2D eigenvalue weighted by molar-refractivity contribution is 5.24. The van der Waals surface area contributed by atoms with Gasteiger partial charge < -0.3 is 0 Å². The SMILES string of the molecule is C=C(C1C(C)[N+](C)(C2=CC=C(C)CC2)C=CC1(C)C)C(F)(F)F. The zero-order chi connectivity index (χ0) is 17.6. The van der Waals surface area contributed by atoms with Crippen LogP contribution in [0, 0.1) is 11.3 Å². The Morgan fingerprint density at radius 2 is 1.87 bits per heavy atom. The molecule has 0 bridgehead atoms. The van der Waals surface area contributed by atoms with Crippen molar-refractivity contribution in [2.45, 2.75) is 52.8 Å². The summed E-state index contributed by atoms with van der Waals surface area (Å²) in [7, 11) is 2.01. The van der Waals surface area contributed by atoms with E-state index >= 15 is 0 Å². The van der Waals surface area contributed by atoms with E-state index in [4.69, 9.17) is 0 Å². The van der Waals surface area contributed by atoms with Gasteiger partial charge in [-0.1, -0.05) is 32.1 Å². The molecule has 128 valence electrons. The van der Waals surface area contributed by atoms with Gasteiger partial charge in [0, 0.05) is 23.3 Å². The lowest BCUT2D eigenvalue weighted by molar-refractivity contribution is -0.855. The molecule has 23 heavy (non-hydrogen) atoms. The van der Waals surface area contributed by atoms with Crippen molar-refractivity contribution in [1.29, 1.82) is 0 Å². The van der Waals surface area contributed by atoms with Crippen molar-refractivity contribution >= 4 is 0 Å². The Labute approximate surface area is 137 Å². The smallest absolute Gasteiger partial charge is 0.268 e. The molecule has 0 amide bonds. The molecule has 0 fully saturated rings. The van der Waals surface area contributed by atoms with Crippen LogP contribution in [-0.2, 0) is 0 Å². The van der Waals surface area contributed by atoms with Gasteiger partial charge in [-0.15, -0.1) is 0 Å². The molecule has 2 aliphatic rings. The summed E-state index contributed by atoms with van der Waals surface area (Å²) in [5, 5.41) is 0. The number of hydrogen-bond acceptors (Lipinski definition) is 0. The summed E-state index contributed by atoms with van der Waals surface area (Å²) >= 11 is 0. The van der Waals surface area contributed by atoms with Crippen molar-refractivity contribution in [3.05, 3.63) is 47.9 Å². The Morgan fingerprint density at radius 1 is 1.26 bits per heavy atom. The number of alkyl halides is 3. The van der Waals surface area contributed by atoms with Crippen molar-refractivity contribution in [3.8, 4) is 0 Å². The maximum absolute atomic E-state index is 13.3. The summed E-state index contributed by atoms with van der Waals surface area (Å²) < 4.78 is 40.4. The zero-order valence-corrected chi connectivity index (χ0v) is 14.7. The molecule has 0 radical (unpaired) electrons. The number of halogens is 3. The van der Waals surface area contributed by atoms with E-state index in [-0.39, 0.29) is 6.04 Å². The molecule has 2 rings (SSSR count). The van der Waals surface area contributed by atoms with Gasteiger partial charge in [0.25, 0.3) is 0 Å². The molecule has 1 aliphatic carbocycles. The first-order chi connectivity index (χ1) is 10.4. The van der Waals surface area contributed by atoms with E-state index in [9.17, 15) is 13.2 Å². The van der Waals surface area contributed by atoms with Crippen molar-refractivity contribution in [2.24, 2.45) is 11.3 Å². The number of allylic oxidation sites excluding steroid dienone is 5. The van der Waals surface area contributed by atoms with E-state index in [0.29, 0.717) is 4.48 Å². The molecule has 0 saturated heterocycles. The lowest BCUT2D eigenvalue weighted by Crippen LogP contribution is -2.56. The highest BCUT2D eigenvalue weighted by Gasteiger charge is 2.53. The van der Waals surface area contributed by atoms with Crippen LogP contribution in [0.1, 0.15) is 40.5 Å². The number of hydrogen-bond donors (Lipinski definition) is 0. The lowest BCUT2D eigenvalue weighted by Gasteiger charge is -2.50. The fraction of sp³-hybridized carbons (Fsp3) is 0.579. The Morgan fingerprint density at radius 3 is 2.35 bits per heavy atom. The first kappa shape index (κ1) is 18.1. The Hall–Kier alpha value is -1.29. The molecule has 4 heteroatoms. The van der Waals surface area contributed by atoms with Crippen molar-refractivity contribution in [1.82, 2.24) is 0 Å². The minimum atomic E-state index is -4.36. The highest BCUT2D eigenvalue weighted by Crippen LogP contribution is 2.49. The van der Waals surface area contributed by atoms with Gasteiger partial charge >= 0.3 is 6.18 Å². The van der Waals surface area contributed by atoms with Crippen LogP contribution in [0.4, 0.5) is 13.2 Å². The van der Waals surface area contributed by atoms with Crippen LogP contribution < -0.4 is 0 Å². The van der Waals surface area contributed by atoms with Gasteiger partial charge in [-0.2, -0.15) is 13.2 Å². The second kappa shape index (κ2) is 5.66. The van der Waals surface area contributed by atoms with E-state index in [0.717, 1.165) is 18.5 Å². The Bertz CT molecular complexity index is 592. The summed E-state index contributed by atoms with van der Waals surface area (Å²) in [6, 6.07) is -0.220. The second-order valence-corrected chi connectivity index (χ2v) is 7.70. The molecule has 0 aromatic heterocycles. The number of nitrogens with zero attached hydrogens (tertiary/aromatic N) is 1. The quantitative estimate of drug-likeness (QED) is 0.449. The third-order valence-corrected chi connectivity index (χ3v) is 5.64. The Kier molecular flexibility index (Phi) is 4.44. The van der Waals surface area contributed by atoms with Crippen molar-refractivity contribution in [2.75, 3.05) is 7.05 Å². The minimum Gasteiger partial charge on any atom is -0.268 e. The van der Waals surface area contributed by atoms with Crippen molar-refractivity contribution in [3.63, 3.8) is 0 Å². The minimum absolute atomic E-state index is 0.220. The maximum atomic E-state index is 13.3. The molecule has 0 aromatic carbocycles. The second-order valence-electron chi connectivity index (χ2n) is 7.70. The molecule has 0 aromatic rings. The van der Waals surface area contributed by atoms with Crippen molar-refractivity contribution < 1.29 is 17.7 Å². The van der Waals surface area contributed by atoms with Crippen LogP contribution in [0.5, 0.6) is 0 Å². The first-order valence-corrected chi connectivity index (χ1v) is 8.09. The Balaban J connectivity index is 2.48. The molecule has 3 atom stereocenters. The zero-order valence-electron chi connectivity index (χ0n) is 14.7. The average molecular weight is 326 g/mol. The van der Waals surface area contributed by atoms with E-state index in [1.165, 1.54) is 5.57 Å². The van der Waals surface area contributed by atoms with E-state index in [1.807, 2.05) is 33.9 Å². The fourth-order valence-corrected chi connectivity index (χ4v) is 3.92. The topological polar surface area (TPSA) is 0 Å². The first-order valence-electron chi connectivity index (χ1n) is 8.09. The summed E-state index contributed by atoms with van der Waals surface area (Å²) in [5.41, 5.74) is 1.29. The standard InChI is InChI=1S/C19H27F3N/c1-13-7-9-16(10-8-13)23(6)12-11-18(4,5)17(15(23)3)14(2)19(20,21)22/h7,9,11-12,15,17H,2,8,10H2,1,3-6H3/q+1. The average Bonchev–Trinajstić information content (AvgIpc) is 2.43. The molecule has 3 unspecified atom stereocenters. The molecule has 0 spiro atoms. The van der Waals surface area contributed by atoms with Crippen LogP contribution in [0.25, 0.3) is 0 Å². The third-order valence-electron chi connectivity index (χ3n) is 5.64. The molecule has 1 aliphatic heterocycles. The van der Waals surface area contributed by atoms with Gasteiger partial charge in [-0.25, -0.2) is 0 Å². The molecule has 1 heterocycles. The highest BCUT2D eigenvalue weighted by atomic mass is 19.4. The summed E-state index contributed by atoms with van der Waals surface area (Å²) in [6.45, 7) is 11.1. The maximum Gasteiger partial charge on any atom is 0.412 e. The van der Waals surface area contributed by atoms with Crippen LogP contribution >= 0.6 is 0 Å². The van der Waals surface area contributed by atoms with Gasteiger partial charge in [-0.05, 0) is 32.4 Å². The normalized spacial score (nSPS) is 33.9. The lowest BCUT2D eigenvalue weighted by atomic mass is 9.68. The van der Waals surface area contributed by atoms with Crippen LogP contribution in [0.2, 0.25) is 0 Å². The van der Waals surface area contributed by atoms with Gasteiger partial charge in [-0.3, -0.25) is 4.48 Å². The summed E-state index contributed by atoms with van der Waals surface area (Å²) in [6.07, 6.45) is 5.64. The van der Waals surface area contributed by atoms with Gasteiger partial charge in [0.2, 0.25) is 0 Å².